The Hall–Kier alpha value is -1.66. The standard InChI is InChI=1S/C73H141NO5/c1-3-5-7-9-11-13-15-17-18-19-20-21-29-32-35-38-42-45-49-53-57-61-65-71(76)70(69-75)74-72(77)66-62-58-54-50-46-43-39-36-33-30-27-25-23-22-24-26-28-31-34-37-40-44-48-52-56-60-64-68-79-73(78)67-63-59-55-51-47-41-16-14-12-10-8-6-4-2/h8,10,14,16,70-71,75-76H,3-7,9,11-13,15,17-69H2,1-2H3,(H,74,77)/b10-8-,16-14-. The number of amides is 1. The highest BCUT2D eigenvalue weighted by Crippen LogP contribution is 2.19. The van der Waals surface area contributed by atoms with E-state index in [0.29, 0.717) is 25.9 Å². The van der Waals surface area contributed by atoms with Crippen LogP contribution in [0.1, 0.15) is 406 Å². The molecule has 0 aliphatic carbocycles. The van der Waals surface area contributed by atoms with Gasteiger partial charge in [-0.05, 0) is 51.4 Å². The first-order valence-corrected chi connectivity index (χ1v) is 36.1. The van der Waals surface area contributed by atoms with Gasteiger partial charge in [-0.3, -0.25) is 9.59 Å². The Kier molecular flexibility index (Phi) is 67.4. The minimum absolute atomic E-state index is 0.00346. The quantitative estimate of drug-likeness (QED) is 0.0320. The van der Waals surface area contributed by atoms with E-state index in [1.165, 1.54) is 321 Å². The first kappa shape index (κ1) is 77.3. The van der Waals surface area contributed by atoms with E-state index in [4.69, 9.17) is 4.74 Å². The highest BCUT2D eigenvalue weighted by molar-refractivity contribution is 5.76. The number of hydrogen-bond acceptors (Lipinski definition) is 5. The minimum Gasteiger partial charge on any atom is -0.466 e. The molecule has 79 heavy (non-hydrogen) atoms. The summed E-state index contributed by atoms with van der Waals surface area (Å²) >= 11 is 0. The van der Waals surface area contributed by atoms with Crippen molar-refractivity contribution in [2.75, 3.05) is 13.2 Å². The normalized spacial score (nSPS) is 12.6. The minimum atomic E-state index is -0.663. The van der Waals surface area contributed by atoms with Crippen LogP contribution in [0.4, 0.5) is 0 Å². The summed E-state index contributed by atoms with van der Waals surface area (Å²) in [6, 6.07) is -0.540. The van der Waals surface area contributed by atoms with Gasteiger partial charge in [0.25, 0.3) is 0 Å². The molecule has 0 aromatic rings. The lowest BCUT2D eigenvalue weighted by atomic mass is 10.0. The van der Waals surface area contributed by atoms with E-state index in [0.717, 1.165) is 51.4 Å². The molecule has 6 nitrogen and oxygen atoms in total. The smallest absolute Gasteiger partial charge is 0.305 e. The summed E-state index contributed by atoms with van der Waals surface area (Å²) in [5, 5.41) is 23.4. The lowest BCUT2D eigenvalue weighted by Crippen LogP contribution is -2.45. The van der Waals surface area contributed by atoms with Crippen LogP contribution in [0, 0.1) is 0 Å². The molecule has 0 bridgehead atoms. The van der Waals surface area contributed by atoms with Gasteiger partial charge in [-0.15, -0.1) is 0 Å². The van der Waals surface area contributed by atoms with E-state index in [1.807, 2.05) is 0 Å². The van der Waals surface area contributed by atoms with E-state index in [-0.39, 0.29) is 18.5 Å². The van der Waals surface area contributed by atoms with Crippen molar-refractivity contribution in [3.8, 4) is 0 Å². The average molecular weight is 1110 g/mol. The molecule has 0 heterocycles. The molecule has 0 aliphatic rings. The van der Waals surface area contributed by atoms with Crippen LogP contribution in [0.3, 0.4) is 0 Å². The van der Waals surface area contributed by atoms with Gasteiger partial charge in [0.15, 0.2) is 0 Å². The van der Waals surface area contributed by atoms with Crippen LogP contribution in [-0.4, -0.2) is 47.4 Å². The van der Waals surface area contributed by atoms with Crippen LogP contribution in [-0.2, 0) is 14.3 Å². The predicted octanol–water partition coefficient (Wildman–Crippen LogP) is 23.3. The average Bonchev–Trinajstić information content (AvgIpc) is 3.45. The number of esters is 1. The maximum Gasteiger partial charge on any atom is 0.305 e. The van der Waals surface area contributed by atoms with Crippen molar-refractivity contribution in [2.45, 2.75) is 418 Å². The molecule has 0 aromatic heterocycles. The third-order valence-corrected chi connectivity index (χ3v) is 17.0. The molecule has 1 amide bonds. The summed E-state index contributed by atoms with van der Waals surface area (Å²) in [4.78, 5) is 24.6. The topological polar surface area (TPSA) is 95.9 Å². The number of carbonyl (C=O) groups is 2. The highest BCUT2D eigenvalue weighted by atomic mass is 16.5. The number of ether oxygens (including phenoxy) is 1. The second-order valence-corrected chi connectivity index (χ2v) is 24.9. The zero-order valence-electron chi connectivity index (χ0n) is 53.6. The Morgan fingerprint density at radius 3 is 1.01 bits per heavy atom. The Labute approximate surface area is 494 Å². The van der Waals surface area contributed by atoms with Gasteiger partial charge in [-0.2, -0.15) is 0 Å². The third kappa shape index (κ3) is 65.4. The van der Waals surface area contributed by atoms with Gasteiger partial charge in [0.1, 0.15) is 0 Å². The second kappa shape index (κ2) is 68.8. The van der Waals surface area contributed by atoms with Gasteiger partial charge in [0, 0.05) is 12.8 Å². The van der Waals surface area contributed by atoms with E-state index >= 15 is 0 Å². The second-order valence-electron chi connectivity index (χ2n) is 24.9. The van der Waals surface area contributed by atoms with E-state index < -0.39 is 12.1 Å². The molecule has 0 fully saturated rings. The summed E-state index contributed by atoms with van der Waals surface area (Å²) in [5.74, 6) is -0.0240. The fourth-order valence-corrected chi connectivity index (χ4v) is 11.5. The van der Waals surface area contributed by atoms with Crippen LogP contribution >= 0.6 is 0 Å². The van der Waals surface area contributed by atoms with Gasteiger partial charge >= 0.3 is 5.97 Å². The first-order valence-electron chi connectivity index (χ1n) is 36.1. The molecule has 468 valence electrons. The van der Waals surface area contributed by atoms with Gasteiger partial charge in [-0.1, -0.05) is 366 Å². The van der Waals surface area contributed by atoms with Gasteiger partial charge in [-0.25, -0.2) is 0 Å². The molecule has 0 spiro atoms. The van der Waals surface area contributed by atoms with Gasteiger partial charge in [0.05, 0.1) is 25.4 Å². The van der Waals surface area contributed by atoms with Crippen molar-refractivity contribution in [3.05, 3.63) is 24.3 Å². The van der Waals surface area contributed by atoms with Crippen molar-refractivity contribution in [3.63, 3.8) is 0 Å². The van der Waals surface area contributed by atoms with E-state index in [2.05, 4.69) is 43.5 Å². The molecule has 0 radical (unpaired) electrons. The summed E-state index contributed by atoms with van der Waals surface area (Å²) in [5.41, 5.74) is 0. The lowest BCUT2D eigenvalue weighted by Gasteiger charge is -2.22. The molecule has 0 aliphatic heterocycles. The Balaban J connectivity index is 3.36. The molecular weight excluding hydrogens is 971 g/mol. The zero-order valence-corrected chi connectivity index (χ0v) is 53.6. The molecule has 6 heteroatoms. The van der Waals surface area contributed by atoms with Crippen LogP contribution in [0.15, 0.2) is 24.3 Å². The lowest BCUT2D eigenvalue weighted by molar-refractivity contribution is -0.143. The van der Waals surface area contributed by atoms with Crippen molar-refractivity contribution in [2.24, 2.45) is 0 Å². The Morgan fingerprint density at radius 1 is 0.354 bits per heavy atom. The fourth-order valence-electron chi connectivity index (χ4n) is 11.5. The number of carbonyl (C=O) groups excluding carboxylic acids is 2. The van der Waals surface area contributed by atoms with Crippen molar-refractivity contribution >= 4 is 11.9 Å². The monoisotopic (exact) mass is 1110 g/mol. The fraction of sp³-hybridized carbons (Fsp3) is 0.918. The van der Waals surface area contributed by atoms with E-state index in [1.54, 1.807) is 0 Å². The molecule has 0 saturated heterocycles. The molecule has 2 atom stereocenters. The number of aliphatic hydroxyl groups excluding tert-OH is 2. The molecule has 0 rings (SSSR count). The number of hydrogen-bond donors (Lipinski definition) is 3. The highest BCUT2D eigenvalue weighted by Gasteiger charge is 2.20. The number of allylic oxidation sites excluding steroid dienone is 4. The first-order chi connectivity index (χ1) is 39.0. The van der Waals surface area contributed by atoms with Crippen LogP contribution in [0.25, 0.3) is 0 Å². The summed E-state index contributed by atoms with van der Waals surface area (Å²) in [6.45, 7) is 4.93. The number of rotatable bonds is 68. The van der Waals surface area contributed by atoms with Crippen molar-refractivity contribution in [1.29, 1.82) is 0 Å². The summed E-state index contributed by atoms with van der Waals surface area (Å²) in [6.07, 6.45) is 86.6. The van der Waals surface area contributed by atoms with Gasteiger partial charge in [0.2, 0.25) is 5.91 Å². The van der Waals surface area contributed by atoms with Crippen molar-refractivity contribution < 1.29 is 24.5 Å². The van der Waals surface area contributed by atoms with Crippen LogP contribution < -0.4 is 5.32 Å². The predicted molar refractivity (Wildman–Crippen MR) is 347 cm³/mol. The molecule has 0 aromatic carbocycles. The number of aliphatic hydroxyl groups is 2. The largest absolute Gasteiger partial charge is 0.466 e. The zero-order chi connectivity index (χ0) is 57.1. The number of nitrogens with one attached hydrogen (secondary N) is 1. The SMILES string of the molecule is CCC/C=C\C/C=C\CCCCCCCC(=O)OCCCCCCCCCCCCCCCCCCCCCCCCCCCCCC(=O)NC(CO)C(O)CCCCCCCCCCCCCCCCCCCCCCCC. The molecule has 0 saturated carbocycles. The Morgan fingerprint density at radius 2 is 0.658 bits per heavy atom. The third-order valence-electron chi connectivity index (χ3n) is 17.0. The maximum absolute atomic E-state index is 12.6. The molecule has 3 N–H and O–H groups in total. The molecule has 2 unspecified atom stereocenters. The van der Waals surface area contributed by atoms with E-state index in [9.17, 15) is 19.8 Å². The summed E-state index contributed by atoms with van der Waals surface area (Å²) < 4.78 is 5.48. The van der Waals surface area contributed by atoms with Crippen molar-refractivity contribution in [1.82, 2.24) is 5.32 Å². The van der Waals surface area contributed by atoms with Crippen LogP contribution in [0.5, 0.6) is 0 Å². The maximum atomic E-state index is 12.6. The summed E-state index contributed by atoms with van der Waals surface area (Å²) in [7, 11) is 0. The van der Waals surface area contributed by atoms with Gasteiger partial charge < -0.3 is 20.3 Å². The number of unbranched alkanes of at least 4 members (excludes halogenated alkanes) is 53. The molecular formula is C73H141NO5. The van der Waals surface area contributed by atoms with Crippen LogP contribution in [0.2, 0.25) is 0 Å². The Bertz CT molecular complexity index is 1230.